The van der Waals surface area contributed by atoms with Crippen LogP contribution in [0.2, 0.25) is 0 Å². The molecule has 5 heteroatoms. The van der Waals surface area contributed by atoms with Gasteiger partial charge in [0.15, 0.2) is 0 Å². The maximum Gasteiger partial charge on any atom is 0.243 e. The molecule has 132 valence electrons. The minimum atomic E-state index is -0.276. The number of carbonyl (C=O) groups is 1. The van der Waals surface area contributed by atoms with Crippen molar-refractivity contribution < 1.29 is 14.3 Å². The summed E-state index contributed by atoms with van der Waals surface area (Å²) in [6, 6.07) is 7.64. The number of hydrogen-bond acceptors (Lipinski definition) is 4. The lowest BCUT2D eigenvalue weighted by molar-refractivity contribution is -0.120. The van der Waals surface area contributed by atoms with Crippen LogP contribution in [0.4, 0.5) is 5.69 Å². The molecule has 1 aliphatic heterocycles. The average Bonchev–Trinajstić information content (AvgIpc) is 2.61. The molecule has 1 saturated heterocycles. The Balaban J connectivity index is 1.50. The second-order valence-electron chi connectivity index (χ2n) is 6.98. The van der Waals surface area contributed by atoms with Gasteiger partial charge in [-0.1, -0.05) is 31.9 Å². The normalized spacial score (nSPS) is 27.6. The summed E-state index contributed by atoms with van der Waals surface area (Å²) in [6.45, 7) is 4.71. The van der Waals surface area contributed by atoms with Crippen LogP contribution in [-0.2, 0) is 20.9 Å². The molecule has 3 rings (SSSR count). The third-order valence-electron chi connectivity index (χ3n) is 4.81. The number of anilines is 1. The number of ether oxygens (including phenoxy) is 2. The molecule has 5 nitrogen and oxygen atoms in total. The fourth-order valence-electron chi connectivity index (χ4n) is 3.45. The molecule has 2 fully saturated rings. The van der Waals surface area contributed by atoms with Gasteiger partial charge in [0.05, 0.1) is 25.9 Å². The molecule has 1 aliphatic carbocycles. The van der Waals surface area contributed by atoms with Crippen LogP contribution < -0.4 is 10.6 Å². The largest absolute Gasteiger partial charge is 0.378 e. The Hall–Kier alpha value is -1.43. The Morgan fingerprint density at radius 3 is 3.12 bits per heavy atom. The lowest BCUT2D eigenvalue weighted by Gasteiger charge is -2.27. The first kappa shape index (κ1) is 17.4. The zero-order valence-corrected chi connectivity index (χ0v) is 14.4. The van der Waals surface area contributed by atoms with Gasteiger partial charge in [-0.3, -0.25) is 4.79 Å². The van der Waals surface area contributed by atoms with Crippen LogP contribution in [0.15, 0.2) is 24.3 Å². The minimum absolute atomic E-state index is 0.0473. The van der Waals surface area contributed by atoms with E-state index in [4.69, 9.17) is 9.47 Å². The summed E-state index contributed by atoms with van der Waals surface area (Å²) < 4.78 is 11.4. The van der Waals surface area contributed by atoms with Gasteiger partial charge in [-0.25, -0.2) is 0 Å². The second kappa shape index (κ2) is 8.60. The molecular weight excluding hydrogens is 304 g/mol. The quantitative estimate of drug-likeness (QED) is 0.870. The maximum absolute atomic E-state index is 12.2. The Kier molecular flexibility index (Phi) is 6.24. The van der Waals surface area contributed by atoms with Gasteiger partial charge in [0.2, 0.25) is 5.91 Å². The number of nitrogens with one attached hydrogen (secondary N) is 2. The van der Waals surface area contributed by atoms with Crippen LogP contribution in [0, 0.1) is 5.92 Å². The van der Waals surface area contributed by atoms with Crippen LogP contribution in [-0.4, -0.2) is 37.8 Å². The third-order valence-corrected chi connectivity index (χ3v) is 4.81. The number of morpholine rings is 1. The molecule has 24 heavy (non-hydrogen) atoms. The molecule has 1 aromatic rings. The van der Waals surface area contributed by atoms with Crippen LogP contribution in [0.3, 0.4) is 0 Å². The monoisotopic (exact) mass is 332 g/mol. The topological polar surface area (TPSA) is 59.6 Å². The predicted octanol–water partition coefficient (Wildman–Crippen LogP) is 2.71. The molecule has 1 aromatic carbocycles. The van der Waals surface area contributed by atoms with Gasteiger partial charge in [-0.05, 0) is 36.5 Å². The number of benzene rings is 1. The van der Waals surface area contributed by atoms with E-state index in [1.807, 2.05) is 24.3 Å². The summed E-state index contributed by atoms with van der Waals surface area (Å²) in [5, 5.41) is 6.12. The van der Waals surface area contributed by atoms with Gasteiger partial charge in [0.1, 0.15) is 6.04 Å². The molecule has 2 aliphatic rings. The zero-order chi connectivity index (χ0) is 16.8. The second-order valence-corrected chi connectivity index (χ2v) is 6.98. The SMILES string of the molecule is CC1CCCC(OCc2cccc(NC(=O)C3COCCN3)c2)C1. The Labute approximate surface area is 144 Å². The number of amides is 1. The molecule has 1 amide bonds. The number of carbonyl (C=O) groups excluding carboxylic acids is 1. The molecule has 1 saturated carbocycles. The molecular formula is C19H28N2O3. The van der Waals surface area contributed by atoms with E-state index in [2.05, 4.69) is 17.6 Å². The summed E-state index contributed by atoms with van der Waals surface area (Å²) in [6.07, 6.45) is 5.27. The fourth-order valence-corrected chi connectivity index (χ4v) is 3.45. The first-order valence-electron chi connectivity index (χ1n) is 9.03. The van der Waals surface area contributed by atoms with Crippen LogP contribution >= 0.6 is 0 Å². The summed E-state index contributed by atoms with van der Waals surface area (Å²) in [5.74, 6) is 0.716. The third kappa shape index (κ3) is 5.03. The van der Waals surface area contributed by atoms with Crippen molar-refractivity contribution in [2.45, 2.75) is 51.4 Å². The highest BCUT2D eigenvalue weighted by molar-refractivity contribution is 5.95. The molecule has 1 heterocycles. The first-order valence-corrected chi connectivity index (χ1v) is 9.03. The molecule has 3 atom stereocenters. The summed E-state index contributed by atoms with van der Waals surface area (Å²) in [5.41, 5.74) is 1.91. The van der Waals surface area contributed by atoms with Gasteiger partial charge in [-0.2, -0.15) is 0 Å². The summed E-state index contributed by atoms with van der Waals surface area (Å²) in [7, 11) is 0. The van der Waals surface area contributed by atoms with Crippen molar-refractivity contribution in [2.75, 3.05) is 25.1 Å². The Bertz CT molecular complexity index is 543. The lowest BCUT2D eigenvalue weighted by Crippen LogP contribution is -2.48. The van der Waals surface area contributed by atoms with Crippen molar-refractivity contribution in [2.24, 2.45) is 5.92 Å². The van der Waals surface area contributed by atoms with E-state index in [1.54, 1.807) is 0 Å². The van der Waals surface area contributed by atoms with E-state index in [-0.39, 0.29) is 11.9 Å². The van der Waals surface area contributed by atoms with E-state index in [1.165, 1.54) is 12.8 Å². The van der Waals surface area contributed by atoms with Gasteiger partial charge >= 0.3 is 0 Å². The van der Waals surface area contributed by atoms with E-state index in [9.17, 15) is 4.79 Å². The van der Waals surface area contributed by atoms with E-state index >= 15 is 0 Å². The number of hydrogen-bond donors (Lipinski definition) is 2. The molecule has 2 N–H and O–H groups in total. The maximum atomic E-state index is 12.2. The van der Waals surface area contributed by atoms with Crippen molar-refractivity contribution >= 4 is 11.6 Å². The summed E-state index contributed by atoms with van der Waals surface area (Å²) >= 11 is 0. The van der Waals surface area contributed by atoms with Crippen LogP contribution in [0.1, 0.15) is 38.2 Å². The smallest absolute Gasteiger partial charge is 0.243 e. The van der Waals surface area contributed by atoms with Crippen molar-refractivity contribution in [1.29, 1.82) is 0 Å². The van der Waals surface area contributed by atoms with Gasteiger partial charge in [0, 0.05) is 12.2 Å². The van der Waals surface area contributed by atoms with Crippen molar-refractivity contribution in [3.63, 3.8) is 0 Å². The molecule has 0 spiro atoms. The van der Waals surface area contributed by atoms with Crippen molar-refractivity contribution in [1.82, 2.24) is 5.32 Å². The molecule has 3 unspecified atom stereocenters. The summed E-state index contributed by atoms with van der Waals surface area (Å²) in [4.78, 5) is 12.2. The van der Waals surface area contributed by atoms with E-state index < -0.39 is 0 Å². The molecule has 0 aromatic heterocycles. The van der Waals surface area contributed by atoms with E-state index in [0.29, 0.717) is 32.5 Å². The first-order chi connectivity index (χ1) is 11.7. The standard InChI is InChI=1S/C19H28N2O3/c1-14-4-2-7-17(10-14)24-12-15-5-3-6-16(11-15)21-19(22)18-13-23-9-8-20-18/h3,5-6,11,14,17-18,20H,2,4,7-10,12-13H2,1H3,(H,21,22). The lowest BCUT2D eigenvalue weighted by atomic mass is 9.89. The minimum Gasteiger partial charge on any atom is -0.378 e. The van der Waals surface area contributed by atoms with Crippen LogP contribution in [0.5, 0.6) is 0 Å². The van der Waals surface area contributed by atoms with Gasteiger partial charge < -0.3 is 20.1 Å². The van der Waals surface area contributed by atoms with E-state index in [0.717, 1.165) is 30.0 Å². The Morgan fingerprint density at radius 2 is 2.33 bits per heavy atom. The molecule has 0 radical (unpaired) electrons. The fraction of sp³-hybridized carbons (Fsp3) is 0.632. The van der Waals surface area contributed by atoms with Crippen LogP contribution in [0.25, 0.3) is 0 Å². The van der Waals surface area contributed by atoms with Crippen molar-refractivity contribution in [3.05, 3.63) is 29.8 Å². The predicted molar refractivity (Wildman–Crippen MR) is 93.9 cm³/mol. The average molecular weight is 332 g/mol. The van der Waals surface area contributed by atoms with Crippen molar-refractivity contribution in [3.8, 4) is 0 Å². The highest BCUT2D eigenvalue weighted by Gasteiger charge is 2.21. The highest BCUT2D eigenvalue weighted by atomic mass is 16.5. The number of rotatable bonds is 5. The van der Waals surface area contributed by atoms with Gasteiger partial charge in [-0.15, -0.1) is 0 Å². The van der Waals surface area contributed by atoms with Gasteiger partial charge in [0.25, 0.3) is 0 Å². The zero-order valence-electron chi connectivity index (χ0n) is 14.4. The highest BCUT2D eigenvalue weighted by Crippen LogP contribution is 2.26. The Morgan fingerprint density at radius 1 is 1.42 bits per heavy atom. The molecule has 0 bridgehead atoms.